The van der Waals surface area contributed by atoms with Gasteiger partial charge in [-0.25, -0.2) is 9.78 Å². The van der Waals surface area contributed by atoms with Crippen LogP contribution in [0, 0.1) is 0 Å². The Morgan fingerprint density at radius 2 is 2.04 bits per heavy atom. The van der Waals surface area contributed by atoms with E-state index in [9.17, 15) is 4.79 Å². The van der Waals surface area contributed by atoms with E-state index in [0.29, 0.717) is 16.5 Å². The van der Waals surface area contributed by atoms with E-state index in [-0.39, 0.29) is 18.5 Å². The first-order chi connectivity index (χ1) is 13.2. The van der Waals surface area contributed by atoms with Crippen LogP contribution < -0.4 is 4.74 Å². The van der Waals surface area contributed by atoms with Crippen LogP contribution in [0.15, 0.2) is 66.2 Å². The lowest BCUT2D eigenvalue weighted by Crippen LogP contribution is -2.13. The summed E-state index contributed by atoms with van der Waals surface area (Å²) in [6, 6.07) is 17.4. The molecule has 1 aliphatic heterocycles. The Hall–Kier alpha value is -2.63. The normalized spacial score (nSPS) is 15.9. The summed E-state index contributed by atoms with van der Waals surface area (Å²) in [5, 5.41) is 1.45. The van der Waals surface area contributed by atoms with Crippen molar-refractivity contribution in [1.29, 1.82) is 0 Å². The molecule has 4 rings (SSSR count). The second-order valence-electron chi connectivity index (χ2n) is 6.00. The van der Waals surface area contributed by atoms with Gasteiger partial charge in [-0.15, -0.1) is 11.3 Å². The lowest BCUT2D eigenvalue weighted by Gasteiger charge is -2.17. The first-order valence-corrected chi connectivity index (χ1v) is 9.59. The van der Waals surface area contributed by atoms with Crippen LogP contribution in [0.5, 0.6) is 5.88 Å². The van der Waals surface area contributed by atoms with E-state index in [0.717, 1.165) is 21.0 Å². The summed E-state index contributed by atoms with van der Waals surface area (Å²) in [5.74, 6) is -0.186. The van der Waals surface area contributed by atoms with Gasteiger partial charge >= 0.3 is 5.97 Å². The zero-order chi connectivity index (χ0) is 18.8. The number of nitrogens with zero attached hydrogens (tertiary/aromatic N) is 1. The number of rotatable bonds is 3. The quantitative estimate of drug-likeness (QED) is 0.578. The van der Waals surface area contributed by atoms with Crippen LogP contribution in [0.25, 0.3) is 10.6 Å². The van der Waals surface area contributed by atoms with E-state index in [2.05, 4.69) is 4.98 Å². The molecule has 0 bridgehead atoms. The highest BCUT2D eigenvalue weighted by molar-refractivity contribution is 7.15. The molecule has 0 saturated heterocycles. The molecule has 0 radical (unpaired) electrons. The average molecular weight is 398 g/mol. The smallest absolute Gasteiger partial charge is 0.334 e. The lowest BCUT2D eigenvalue weighted by molar-refractivity contribution is -0.136. The third kappa shape index (κ3) is 3.48. The number of ether oxygens (including phenoxy) is 2. The third-order valence-electron chi connectivity index (χ3n) is 4.34. The average Bonchev–Trinajstić information content (AvgIpc) is 3.03. The van der Waals surface area contributed by atoms with E-state index < -0.39 is 0 Å². The second kappa shape index (κ2) is 7.55. The summed E-state index contributed by atoms with van der Waals surface area (Å²) >= 11 is 7.73. The molecule has 0 fully saturated rings. The molecule has 0 aliphatic carbocycles. The minimum absolute atomic E-state index is 0.256. The number of halogens is 1. The van der Waals surface area contributed by atoms with Crippen LogP contribution >= 0.6 is 22.9 Å². The highest BCUT2D eigenvalue weighted by Crippen LogP contribution is 2.45. The van der Waals surface area contributed by atoms with Crippen LogP contribution in [0.3, 0.4) is 0 Å². The number of thiazole rings is 1. The van der Waals surface area contributed by atoms with Gasteiger partial charge in [0.05, 0.1) is 17.9 Å². The van der Waals surface area contributed by atoms with Crippen molar-refractivity contribution in [2.24, 2.45) is 0 Å². The van der Waals surface area contributed by atoms with Gasteiger partial charge in [0.15, 0.2) is 0 Å². The van der Waals surface area contributed by atoms with Crippen LogP contribution in [0.2, 0.25) is 5.02 Å². The molecule has 1 unspecified atom stereocenters. The molecule has 1 aliphatic rings. The van der Waals surface area contributed by atoms with Crippen molar-refractivity contribution in [3.8, 4) is 16.5 Å². The monoisotopic (exact) mass is 397 g/mol. The first-order valence-electron chi connectivity index (χ1n) is 8.40. The van der Waals surface area contributed by atoms with Gasteiger partial charge in [-0.2, -0.15) is 0 Å². The van der Waals surface area contributed by atoms with Crippen molar-refractivity contribution in [3.63, 3.8) is 0 Å². The topological polar surface area (TPSA) is 48.4 Å². The Balaban J connectivity index is 1.88. The number of fused-ring (bicyclic) bond motifs is 1. The summed E-state index contributed by atoms with van der Waals surface area (Å²) < 4.78 is 10.9. The minimum Gasteiger partial charge on any atom is -0.473 e. The SMILES string of the molecule is COC(=O)C1=CCOc2nc(-c3ccccc3)sc2C1c1cccc(Cl)c1. The fourth-order valence-corrected chi connectivity index (χ4v) is 4.48. The van der Waals surface area contributed by atoms with Crippen molar-refractivity contribution in [1.82, 2.24) is 4.98 Å². The Morgan fingerprint density at radius 1 is 1.22 bits per heavy atom. The van der Waals surface area contributed by atoms with Crippen LogP contribution in [-0.2, 0) is 9.53 Å². The van der Waals surface area contributed by atoms with E-state index >= 15 is 0 Å². The van der Waals surface area contributed by atoms with E-state index in [4.69, 9.17) is 21.1 Å². The molecule has 0 N–H and O–H groups in total. The standard InChI is InChI=1S/C21H16ClNO3S/c1-25-21(24)16-10-11-26-19-18(17(16)14-8-5-9-15(22)12-14)27-20(23-19)13-6-3-2-4-7-13/h2-10,12,17H,11H2,1H3. The largest absolute Gasteiger partial charge is 0.473 e. The maximum absolute atomic E-state index is 12.5. The van der Waals surface area contributed by atoms with Gasteiger partial charge in [-0.1, -0.05) is 54.1 Å². The maximum atomic E-state index is 12.5. The predicted molar refractivity (Wildman–Crippen MR) is 106 cm³/mol. The summed E-state index contributed by atoms with van der Waals surface area (Å²) in [6.07, 6.45) is 1.76. The molecule has 2 heterocycles. The first kappa shape index (κ1) is 17.8. The van der Waals surface area contributed by atoms with Gasteiger partial charge < -0.3 is 9.47 Å². The number of esters is 1. The van der Waals surface area contributed by atoms with E-state index in [1.165, 1.54) is 18.4 Å². The van der Waals surface area contributed by atoms with E-state index in [1.54, 1.807) is 6.08 Å². The number of hydrogen-bond donors (Lipinski definition) is 0. The highest BCUT2D eigenvalue weighted by Gasteiger charge is 2.33. The molecule has 2 aromatic carbocycles. The maximum Gasteiger partial charge on any atom is 0.334 e. The molecule has 1 atom stereocenters. The molecule has 136 valence electrons. The molecule has 0 saturated carbocycles. The summed E-state index contributed by atoms with van der Waals surface area (Å²) in [6.45, 7) is 0.256. The number of hydrogen-bond acceptors (Lipinski definition) is 5. The Kier molecular flexibility index (Phi) is 4.97. The number of carbonyl (C=O) groups is 1. The van der Waals surface area contributed by atoms with Gasteiger partial charge in [0.25, 0.3) is 0 Å². The van der Waals surface area contributed by atoms with Crippen molar-refractivity contribution in [3.05, 3.63) is 81.7 Å². The van der Waals surface area contributed by atoms with Crippen LogP contribution in [0.1, 0.15) is 16.4 Å². The zero-order valence-corrected chi connectivity index (χ0v) is 16.1. The Labute approximate surface area is 166 Å². The van der Waals surface area contributed by atoms with Gasteiger partial charge in [0.1, 0.15) is 11.6 Å². The minimum atomic E-state index is -0.383. The highest BCUT2D eigenvalue weighted by atomic mass is 35.5. The van der Waals surface area contributed by atoms with Crippen LogP contribution in [0.4, 0.5) is 0 Å². The van der Waals surface area contributed by atoms with Gasteiger partial charge in [-0.05, 0) is 23.8 Å². The molecule has 0 amide bonds. The molecule has 0 spiro atoms. The molecule has 1 aromatic heterocycles. The number of methoxy groups -OCH3 is 1. The molecule has 3 aromatic rings. The van der Waals surface area contributed by atoms with Gasteiger partial charge in [0.2, 0.25) is 5.88 Å². The lowest BCUT2D eigenvalue weighted by atomic mass is 9.89. The summed E-state index contributed by atoms with van der Waals surface area (Å²) in [4.78, 5) is 18.0. The molecule has 4 nitrogen and oxygen atoms in total. The van der Waals surface area contributed by atoms with Crippen LogP contribution in [-0.4, -0.2) is 24.7 Å². The van der Waals surface area contributed by atoms with E-state index in [1.807, 2.05) is 54.6 Å². The Bertz CT molecular complexity index is 1010. The molecular formula is C21H16ClNO3S. The van der Waals surface area contributed by atoms with Crippen molar-refractivity contribution < 1.29 is 14.3 Å². The molecule has 27 heavy (non-hydrogen) atoms. The number of benzene rings is 2. The second-order valence-corrected chi connectivity index (χ2v) is 7.47. The third-order valence-corrected chi connectivity index (χ3v) is 5.73. The van der Waals surface area contributed by atoms with Crippen molar-refractivity contribution >= 4 is 28.9 Å². The summed E-state index contributed by atoms with van der Waals surface area (Å²) in [7, 11) is 1.38. The molecule has 6 heteroatoms. The Morgan fingerprint density at radius 3 is 2.78 bits per heavy atom. The van der Waals surface area contributed by atoms with Gasteiger partial charge in [-0.3, -0.25) is 0 Å². The van der Waals surface area contributed by atoms with Gasteiger partial charge in [0, 0.05) is 16.2 Å². The van der Waals surface area contributed by atoms with Crippen molar-refractivity contribution in [2.75, 3.05) is 13.7 Å². The molecular weight excluding hydrogens is 382 g/mol. The fraction of sp³-hybridized carbons (Fsp3) is 0.143. The number of carbonyl (C=O) groups excluding carboxylic acids is 1. The van der Waals surface area contributed by atoms with Crippen molar-refractivity contribution in [2.45, 2.75) is 5.92 Å². The summed E-state index contributed by atoms with van der Waals surface area (Å²) in [5.41, 5.74) is 2.43. The number of aromatic nitrogens is 1. The zero-order valence-electron chi connectivity index (χ0n) is 14.5. The fourth-order valence-electron chi connectivity index (χ4n) is 3.11. The predicted octanol–water partition coefficient (Wildman–Crippen LogP) is 5.09.